The van der Waals surface area contributed by atoms with Gasteiger partial charge in [-0.2, -0.15) is 0 Å². The number of amides is 1. The molecule has 3 atom stereocenters. The predicted octanol–water partition coefficient (Wildman–Crippen LogP) is 13.7. The Labute approximate surface area is 346 Å². The Hall–Kier alpha value is -2.44. The molecule has 3 N–H and O–H groups in total. The summed E-state index contributed by atoms with van der Waals surface area (Å²) >= 11 is 0. The molecule has 0 saturated heterocycles. The average molecular weight is 784 g/mol. The van der Waals surface area contributed by atoms with E-state index in [9.17, 15) is 19.8 Å². The van der Waals surface area contributed by atoms with Crippen LogP contribution >= 0.6 is 0 Å². The summed E-state index contributed by atoms with van der Waals surface area (Å²) < 4.78 is 5.85. The minimum absolute atomic E-state index is 0.0479. The predicted molar refractivity (Wildman–Crippen MR) is 241 cm³/mol. The van der Waals surface area contributed by atoms with Crippen LogP contribution in [0.4, 0.5) is 0 Å². The highest BCUT2D eigenvalue weighted by molar-refractivity contribution is 5.77. The molecule has 3 unspecified atom stereocenters. The standard InChI is InChI=1S/C50H89NO5/c1-4-7-10-13-16-19-21-23-24-25-26-28-31-34-37-40-43-50(55)56-46(41-38-35-32-29-18-15-12-9-6-3)44-49(54)51-47(45-52)48(53)42-39-36-33-30-27-22-20-17-14-11-8-5-2/h7,10,16,19,23-24,26,28,34,37,46-48,52-53H,4-6,8-9,11-15,17-18,20-22,25,27,29-33,35-36,38-45H2,1-3H3,(H,51,54)/b10-7+,19-16+,24-23+,28-26+,37-34+. The number of hydrogen-bond donors (Lipinski definition) is 3. The van der Waals surface area contributed by atoms with E-state index in [2.05, 4.69) is 80.8 Å². The molecule has 0 aromatic heterocycles. The van der Waals surface area contributed by atoms with E-state index in [1.165, 1.54) is 96.3 Å². The highest BCUT2D eigenvalue weighted by Crippen LogP contribution is 2.17. The minimum Gasteiger partial charge on any atom is -0.462 e. The van der Waals surface area contributed by atoms with Crippen molar-refractivity contribution < 1.29 is 24.5 Å². The Balaban J connectivity index is 4.63. The first kappa shape index (κ1) is 53.6. The van der Waals surface area contributed by atoms with E-state index < -0.39 is 18.2 Å². The van der Waals surface area contributed by atoms with Crippen molar-refractivity contribution in [2.45, 2.75) is 238 Å². The van der Waals surface area contributed by atoms with Gasteiger partial charge in [-0.25, -0.2) is 0 Å². The summed E-state index contributed by atoms with van der Waals surface area (Å²) in [6.45, 7) is 6.32. The zero-order valence-corrected chi connectivity index (χ0v) is 36.8. The molecular formula is C50H89NO5. The lowest BCUT2D eigenvalue weighted by Crippen LogP contribution is -2.46. The summed E-state index contributed by atoms with van der Waals surface area (Å²) in [5, 5.41) is 23.6. The first-order valence-corrected chi connectivity index (χ1v) is 23.5. The first-order valence-electron chi connectivity index (χ1n) is 23.5. The number of ether oxygens (including phenoxy) is 1. The topological polar surface area (TPSA) is 95.9 Å². The molecule has 0 rings (SSSR count). The van der Waals surface area contributed by atoms with Crippen LogP contribution in [0, 0.1) is 0 Å². The number of rotatable bonds is 41. The molecular weight excluding hydrogens is 695 g/mol. The number of nitrogens with one attached hydrogen (secondary N) is 1. The van der Waals surface area contributed by atoms with E-state index in [4.69, 9.17) is 4.74 Å². The van der Waals surface area contributed by atoms with Crippen LogP contribution in [0.5, 0.6) is 0 Å². The molecule has 324 valence electrons. The van der Waals surface area contributed by atoms with Gasteiger partial charge in [0.05, 0.1) is 25.2 Å². The zero-order chi connectivity index (χ0) is 41.0. The van der Waals surface area contributed by atoms with Gasteiger partial charge in [-0.1, -0.05) is 210 Å². The SMILES string of the molecule is CC/C=C/C/C=C/C/C=C/C/C=C/C/C=C/CCC(=O)OC(CCCCCCCCCCC)CC(=O)NC(CO)C(O)CCCCCCCCCCCCCC. The van der Waals surface area contributed by atoms with Crippen LogP contribution in [-0.2, 0) is 14.3 Å². The second-order valence-electron chi connectivity index (χ2n) is 15.8. The van der Waals surface area contributed by atoms with Gasteiger partial charge >= 0.3 is 5.97 Å². The quantitative estimate of drug-likeness (QED) is 0.0326. The molecule has 0 aromatic carbocycles. The fraction of sp³-hybridized carbons (Fsp3) is 0.760. The second-order valence-corrected chi connectivity index (χ2v) is 15.8. The van der Waals surface area contributed by atoms with Crippen molar-refractivity contribution in [3.05, 3.63) is 60.8 Å². The van der Waals surface area contributed by atoms with Gasteiger partial charge in [0.2, 0.25) is 5.91 Å². The van der Waals surface area contributed by atoms with E-state index in [0.717, 1.165) is 70.6 Å². The molecule has 0 aliphatic rings. The smallest absolute Gasteiger partial charge is 0.306 e. The molecule has 0 aliphatic heterocycles. The van der Waals surface area contributed by atoms with Crippen LogP contribution in [0.1, 0.15) is 220 Å². The van der Waals surface area contributed by atoms with Crippen LogP contribution in [0.15, 0.2) is 60.8 Å². The third-order valence-corrected chi connectivity index (χ3v) is 10.4. The zero-order valence-electron chi connectivity index (χ0n) is 36.8. The summed E-state index contributed by atoms with van der Waals surface area (Å²) in [6, 6.07) is -0.713. The summed E-state index contributed by atoms with van der Waals surface area (Å²) in [5.41, 5.74) is 0. The van der Waals surface area contributed by atoms with Gasteiger partial charge < -0.3 is 20.3 Å². The number of hydrogen-bond acceptors (Lipinski definition) is 5. The van der Waals surface area contributed by atoms with Crippen LogP contribution in [0.2, 0.25) is 0 Å². The average Bonchev–Trinajstić information content (AvgIpc) is 3.19. The molecule has 6 nitrogen and oxygen atoms in total. The van der Waals surface area contributed by atoms with Crippen LogP contribution < -0.4 is 5.32 Å². The van der Waals surface area contributed by atoms with Gasteiger partial charge in [0.1, 0.15) is 6.10 Å². The fourth-order valence-electron chi connectivity index (χ4n) is 6.83. The number of allylic oxidation sites excluding steroid dienone is 10. The molecule has 0 fully saturated rings. The Bertz CT molecular complexity index is 1010. The van der Waals surface area contributed by atoms with E-state index in [-0.39, 0.29) is 31.3 Å². The fourth-order valence-corrected chi connectivity index (χ4v) is 6.83. The summed E-state index contributed by atoms with van der Waals surface area (Å²) in [4.78, 5) is 25.9. The molecule has 1 amide bonds. The largest absolute Gasteiger partial charge is 0.462 e. The van der Waals surface area contributed by atoms with Gasteiger partial charge in [0.25, 0.3) is 0 Å². The number of esters is 1. The number of carbonyl (C=O) groups excluding carboxylic acids is 2. The van der Waals surface area contributed by atoms with Crippen molar-refractivity contribution in [3.63, 3.8) is 0 Å². The minimum atomic E-state index is -0.797. The van der Waals surface area contributed by atoms with Gasteiger partial charge in [0, 0.05) is 6.42 Å². The van der Waals surface area contributed by atoms with Crippen LogP contribution in [0.3, 0.4) is 0 Å². The number of aliphatic hydroxyl groups is 2. The lowest BCUT2D eigenvalue weighted by atomic mass is 10.0. The lowest BCUT2D eigenvalue weighted by Gasteiger charge is -2.24. The Kier molecular flexibility index (Phi) is 41.8. The van der Waals surface area contributed by atoms with Crippen molar-refractivity contribution >= 4 is 11.9 Å². The van der Waals surface area contributed by atoms with Gasteiger partial charge in [-0.05, 0) is 57.8 Å². The molecule has 0 bridgehead atoms. The summed E-state index contributed by atoms with van der Waals surface area (Å²) in [6.07, 6.45) is 52.9. The van der Waals surface area contributed by atoms with Gasteiger partial charge in [0.15, 0.2) is 0 Å². The molecule has 6 heteroatoms. The highest BCUT2D eigenvalue weighted by Gasteiger charge is 2.24. The van der Waals surface area contributed by atoms with Crippen LogP contribution in [-0.4, -0.2) is 46.9 Å². The van der Waals surface area contributed by atoms with Crippen molar-refractivity contribution in [2.75, 3.05) is 6.61 Å². The first-order chi connectivity index (χ1) is 27.5. The van der Waals surface area contributed by atoms with Crippen molar-refractivity contribution in [2.24, 2.45) is 0 Å². The van der Waals surface area contributed by atoms with Crippen molar-refractivity contribution in [1.82, 2.24) is 5.32 Å². The van der Waals surface area contributed by atoms with Gasteiger partial charge in [-0.3, -0.25) is 9.59 Å². The Morgan fingerprint density at radius 1 is 0.536 bits per heavy atom. The normalized spacial score (nSPS) is 13.9. The highest BCUT2D eigenvalue weighted by atomic mass is 16.5. The molecule has 0 spiro atoms. The summed E-state index contributed by atoms with van der Waals surface area (Å²) in [7, 11) is 0. The number of unbranched alkanes of at least 4 members (excludes halogenated alkanes) is 19. The molecule has 0 aliphatic carbocycles. The summed E-state index contributed by atoms with van der Waals surface area (Å²) in [5.74, 6) is -0.574. The molecule has 56 heavy (non-hydrogen) atoms. The molecule has 0 aromatic rings. The maximum Gasteiger partial charge on any atom is 0.306 e. The second kappa shape index (κ2) is 43.7. The lowest BCUT2D eigenvalue weighted by molar-refractivity contribution is -0.150. The maximum absolute atomic E-state index is 13.1. The maximum atomic E-state index is 13.1. The van der Waals surface area contributed by atoms with E-state index in [1.807, 2.05) is 6.08 Å². The van der Waals surface area contributed by atoms with Crippen molar-refractivity contribution in [1.29, 1.82) is 0 Å². The van der Waals surface area contributed by atoms with E-state index >= 15 is 0 Å². The van der Waals surface area contributed by atoms with Crippen LogP contribution in [0.25, 0.3) is 0 Å². The molecule has 0 radical (unpaired) electrons. The van der Waals surface area contributed by atoms with E-state index in [1.54, 1.807) is 0 Å². The Morgan fingerprint density at radius 3 is 1.36 bits per heavy atom. The number of aliphatic hydroxyl groups excluding tert-OH is 2. The molecule has 0 saturated carbocycles. The number of carbonyl (C=O) groups is 2. The third-order valence-electron chi connectivity index (χ3n) is 10.4. The van der Waals surface area contributed by atoms with Gasteiger partial charge in [-0.15, -0.1) is 0 Å². The molecule has 0 heterocycles. The Morgan fingerprint density at radius 2 is 0.929 bits per heavy atom. The van der Waals surface area contributed by atoms with E-state index in [0.29, 0.717) is 19.3 Å². The third kappa shape index (κ3) is 38.4. The monoisotopic (exact) mass is 784 g/mol. The van der Waals surface area contributed by atoms with Crippen molar-refractivity contribution in [3.8, 4) is 0 Å².